The molecule has 2 heterocycles. The van der Waals surface area contributed by atoms with Crippen LogP contribution in [0.4, 0.5) is 0 Å². The van der Waals surface area contributed by atoms with Gasteiger partial charge in [-0.15, -0.1) is 0 Å². The summed E-state index contributed by atoms with van der Waals surface area (Å²) in [7, 11) is 1.68. The van der Waals surface area contributed by atoms with Crippen molar-refractivity contribution in [3.05, 3.63) is 24.0 Å². The average molecular weight is 288 g/mol. The Balaban J connectivity index is 1.82. The lowest BCUT2D eigenvalue weighted by molar-refractivity contribution is 0.221. The summed E-state index contributed by atoms with van der Waals surface area (Å²) in [5.74, 6) is 1.79. The molecule has 0 radical (unpaired) electrons. The molecule has 114 valence electrons. The summed E-state index contributed by atoms with van der Waals surface area (Å²) in [6.45, 7) is 4.94. The number of ether oxygens (including phenoxy) is 1. The third kappa shape index (κ3) is 3.04. The monoisotopic (exact) mass is 288 g/mol. The van der Waals surface area contributed by atoms with E-state index in [0.29, 0.717) is 6.54 Å². The Morgan fingerprint density at radius 3 is 2.71 bits per heavy atom. The van der Waals surface area contributed by atoms with Crippen molar-refractivity contribution in [3.8, 4) is 5.75 Å². The van der Waals surface area contributed by atoms with Crippen molar-refractivity contribution in [2.24, 2.45) is 5.73 Å². The zero-order valence-electron chi connectivity index (χ0n) is 12.7. The van der Waals surface area contributed by atoms with Crippen LogP contribution in [0, 0.1) is 0 Å². The molecule has 1 saturated heterocycles. The second-order valence-corrected chi connectivity index (χ2v) is 5.64. The van der Waals surface area contributed by atoms with E-state index in [4.69, 9.17) is 10.5 Å². The first kappa shape index (κ1) is 14.4. The number of nitrogens with two attached hydrogens (primary N) is 1. The number of rotatable bonds is 5. The van der Waals surface area contributed by atoms with Crippen LogP contribution in [0.2, 0.25) is 0 Å². The lowest BCUT2D eigenvalue weighted by Gasteiger charge is -2.26. The van der Waals surface area contributed by atoms with E-state index in [-0.39, 0.29) is 0 Å². The first-order valence-corrected chi connectivity index (χ1v) is 7.77. The van der Waals surface area contributed by atoms with Gasteiger partial charge in [0.05, 0.1) is 24.7 Å². The van der Waals surface area contributed by atoms with Crippen molar-refractivity contribution >= 4 is 11.0 Å². The molecule has 2 N–H and O–H groups in total. The molecule has 0 spiro atoms. The van der Waals surface area contributed by atoms with Gasteiger partial charge in [-0.3, -0.25) is 0 Å². The predicted octanol–water partition coefficient (Wildman–Crippen LogP) is 1.99. The summed E-state index contributed by atoms with van der Waals surface area (Å²) in [5, 5.41) is 0. The van der Waals surface area contributed by atoms with Crippen molar-refractivity contribution < 1.29 is 4.74 Å². The normalized spacial score (nSPS) is 16.5. The Labute approximate surface area is 125 Å². The molecule has 0 saturated carbocycles. The summed E-state index contributed by atoms with van der Waals surface area (Å²) in [5.41, 5.74) is 7.98. The highest BCUT2D eigenvalue weighted by Gasteiger charge is 2.13. The molecule has 1 aromatic carbocycles. The number of imidazole rings is 1. The molecular formula is C16H24N4O. The summed E-state index contributed by atoms with van der Waals surface area (Å²) in [4.78, 5) is 7.18. The maximum Gasteiger partial charge on any atom is 0.123 e. The minimum Gasteiger partial charge on any atom is -0.497 e. The number of methoxy groups -OCH3 is 1. The molecular weight excluding hydrogens is 264 g/mol. The number of aromatic nitrogens is 2. The third-order valence-electron chi connectivity index (χ3n) is 4.31. The molecule has 0 aliphatic carbocycles. The highest BCUT2D eigenvalue weighted by Crippen LogP contribution is 2.22. The Hall–Kier alpha value is -1.59. The van der Waals surface area contributed by atoms with Gasteiger partial charge < -0.3 is 19.9 Å². The van der Waals surface area contributed by atoms with Gasteiger partial charge in [-0.2, -0.15) is 0 Å². The topological polar surface area (TPSA) is 56.3 Å². The van der Waals surface area contributed by atoms with Crippen molar-refractivity contribution in [2.45, 2.75) is 32.4 Å². The van der Waals surface area contributed by atoms with E-state index in [0.717, 1.165) is 35.7 Å². The predicted molar refractivity (Wildman–Crippen MR) is 84.5 cm³/mol. The minimum atomic E-state index is 0.469. The fraction of sp³-hybridized carbons (Fsp3) is 0.562. The second-order valence-electron chi connectivity index (χ2n) is 5.64. The van der Waals surface area contributed by atoms with Crippen LogP contribution in [0.25, 0.3) is 11.0 Å². The number of fused-ring (bicyclic) bond motifs is 1. The highest BCUT2D eigenvalue weighted by atomic mass is 16.5. The fourth-order valence-electron chi connectivity index (χ4n) is 3.12. The molecule has 0 bridgehead atoms. The lowest BCUT2D eigenvalue weighted by Crippen LogP contribution is -2.32. The fourth-order valence-corrected chi connectivity index (χ4v) is 3.12. The van der Waals surface area contributed by atoms with Gasteiger partial charge in [0.1, 0.15) is 11.6 Å². The number of hydrogen-bond acceptors (Lipinski definition) is 4. The number of piperidine rings is 1. The molecule has 0 atom stereocenters. The van der Waals surface area contributed by atoms with E-state index in [9.17, 15) is 0 Å². The third-order valence-corrected chi connectivity index (χ3v) is 4.31. The SMILES string of the molecule is COc1ccc2c(c1)nc(CN)n2CCN1CCCCC1. The first-order valence-electron chi connectivity index (χ1n) is 7.77. The van der Waals surface area contributed by atoms with Crippen LogP contribution in [0.5, 0.6) is 5.75 Å². The molecule has 1 aliphatic heterocycles. The molecule has 1 fully saturated rings. The van der Waals surface area contributed by atoms with Crippen molar-refractivity contribution in [1.29, 1.82) is 0 Å². The van der Waals surface area contributed by atoms with E-state index in [1.165, 1.54) is 32.4 Å². The van der Waals surface area contributed by atoms with Gasteiger partial charge in [0.15, 0.2) is 0 Å². The second kappa shape index (κ2) is 6.45. The van der Waals surface area contributed by atoms with E-state index in [1.807, 2.05) is 12.1 Å². The van der Waals surface area contributed by atoms with Crippen LogP contribution in [0.3, 0.4) is 0 Å². The van der Waals surface area contributed by atoms with Gasteiger partial charge in [-0.05, 0) is 38.1 Å². The van der Waals surface area contributed by atoms with Crippen LogP contribution in [0.1, 0.15) is 25.1 Å². The summed E-state index contributed by atoms with van der Waals surface area (Å²) < 4.78 is 7.52. The van der Waals surface area contributed by atoms with Crippen molar-refractivity contribution in [2.75, 3.05) is 26.7 Å². The lowest BCUT2D eigenvalue weighted by atomic mass is 10.1. The maximum atomic E-state index is 5.87. The van der Waals surface area contributed by atoms with Crippen LogP contribution in [0.15, 0.2) is 18.2 Å². The van der Waals surface area contributed by atoms with E-state index in [2.05, 4.69) is 20.5 Å². The highest BCUT2D eigenvalue weighted by molar-refractivity contribution is 5.77. The van der Waals surface area contributed by atoms with Crippen LogP contribution < -0.4 is 10.5 Å². The Bertz CT molecular complexity index is 602. The molecule has 1 aromatic heterocycles. The Morgan fingerprint density at radius 1 is 1.19 bits per heavy atom. The summed E-state index contributed by atoms with van der Waals surface area (Å²) in [6, 6.07) is 6.05. The van der Waals surface area contributed by atoms with Gasteiger partial charge in [0, 0.05) is 19.2 Å². The Morgan fingerprint density at radius 2 is 2.00 bits per heavy atom. The van der Waals surface area contributed by atoms with Gasteiger partial charge >= 0.3 is 0 Å². The maximum absolute atomic E-state index is 5.87. The first-order chi connectivity index (χ1) is 10.3. The van der Waals surface area contributed by atoms with E-state index < -0.39 is 0 Å². The molecule has 1 aliphatic rings. The van der Waals surface area contributed by atoms with Crippen molar-refractivity contribution in [1.82, 2.24) is 14.5 Å². The number of likely N-dealkylation sites (tertiary alicyclic amines) is 1. The quantitative estimate of drug-likeness (QED) is 0.914. The molecule has 0 amide bonds. The zero-order valence-corrected chi connectivity index (χ0v) is 12.7. The van der Waals surface area contributed by atoms with Crippen LogP contribution in [-0.2, 0) is 13.1 Å². The van der Waals surface area contributed by atoms with E-state index in [1.54, 1.807) is 7.11 Å². The molecule has 5 nitrogen and oxygen atoms in total. The Kier molecular flexibility index (Phi) is 4.41. The largest absolute Gasteiger partial charge is 0.497 e. The van der Waals surface area contributed by atoms with Gasteiger partial charge in [0.2, 0.25) is 0 Å². The van der Waals surface area contributed by atoms with Crippen molar-refractivity contribution in [3.63, 3.8) is 0 Å². The summed E-state index contributed by atoms with van der Waals surface area (Å²) >= 11 is 0. The molecule has 2 aromatic rings. The minimum absolute atomic E-state index is 0.469. The number of nitrogens with zero attached hydrogens (tertiary/aromatic N) is 3. The molecule has 21 heavy (non-hydrogen) atoms. The van der Waals surface area contributed by atoms with E-state index >= 15 is 0 Å². The van der Waals surface area contributed by atoms with Gasteiger partial charge in [0.25, 0.3) is 0 Å². The molecule has 5 heteroatoms. The van der Waals surface area contributed by atoms with Crippen LogP contribution in [-0.4, -0.2) is 41.2 Å². The number of hydrogen-bond donors (Lipinski definition) is 1. The standard InChI is InChI=1S/C16H24N4O/c1-21-13-5-6-15-14(11-13)18-16(12-17)20(15)10-9-19-7-3-2-4-8-19/h5-6,11H,2-4,7-10,12,17H2,1H3. The van der Waals surface area contributed by atoms with Gasteiger partial charge in [-0.25, -0.2) is 4.98 Å². The number of benzene rings is 1. The average Bonchev–Trinajstić information content (AvgIpc) is 2.90. The smallest absolute Gasteiger partial charge is 0.123 e. The van der Waals surface area contributed by atoms with Crippen LogP contribution >= 0.6 is 0 Å². The molecule has 3 rings (SSSR count). The molecule has 0 unspecified atom stereocenters. The summed E-state index contributed by atoms with van der Waals surface area (Å²) in [6.07, 6.45) is 4.02. The van der Waals surface area contributed by atoms with Gasteiger partial charge in [-0.1, -0.05) is 6.42 Å². The zero-order chi connectivity index (χ0) is 14.7.